The molecule has 6 nitrogen and oxygen atoms in total. The third-order valence-electron chi connectivity index (χ3n) is 13.4. The van der Waals surface area contributed by atoms with E-state index in [4.69, 9.17) is 4.74 Å². The van der Waals surface area contributed by atoms with Crippen molar-refractivity contribution in [2.24, 2.45) is 0 Å². The Morgan fingerprint density at radius 3 is 1.15 bits per heavy atom. The van der Waals surface area contributed by atoms with Gasteiger partial charge in [-0.25, -0.2) is 0 Å². The SMILES string of the molecule is CCCCCCCCCCCCCC/C=C/C(O)C(CO)NC(=O)CCCCCCCCC/C=C\C/C=C\CCCCCCCCCCCOC(=O)CCCCCCCCCCCCCC. The third-order valence-corrected chi connectivity index (χ3v) is 13.4. The summed E-state index contributed by atoms with van der Waals surface area (Å²) >= 11 is 0. The molecule has 0 rings (SSSR count). The van der Waals surface area contributed by atoms with Gasteiger partial charge in [0.1, 0.15) is 0 Å². The van der Waals surface area contributed by atoms with Gasteiger partial charge in [-0.2, -0.15) is 0 Å². The summed E-state index contributed by atoms with van der Waals surface area (Å²) in [5.74, 6) is -0.0712. The van der Waals surface area contributed by atoms with Crippen molar-refractivity contribution >= 4 is 11.9 Å². The Labute approximate surface area is 411 Å². The standard InChI is InChI=1S/C60H113NO5/c1-3-5-7-9-11-13-15-17-29-32-36-40-44-48-52-58(63)57(56-62)61-59(64)53-49-45-41-37-33-30-27-25-23-21-19-18-20-22-24-26-28-31-35-39-43-47-51-55-66-60(65)54-50-46-42-38-34-16-14-12-10-8-6-4-2/h18,20-21,23,48,52,57-58,62-63H,3-17,19,22,24-47,49-51,53-56H2,1-2H3,(H,61,64)/b20-18-,23-21-,52-48+. The van der Waals surface area contributed by atoms with Gasteiger partial charge >= 0.3 is 5.97 Å². The number of carbonyl (C=O) groups excluding carboxylic acids is 2. The molecule has 0 saturated carbocycles. The van der Waals surface area contributed by atoms with E-state index in [1.165, 1.54) is 225 Å². The average Bonchev–Trinajstić information content (AvgIpc) is 3.32. The number of ether oxygens (including phenoxy) is 1. The van der Waals surface area contributed by atoms with E-state index >= 15 is 0 Å². The number of hydrogen-bond donors (Lipinski definition) is 3. The zero-order chi connectivity index (χ0) is 47.9. The topological polar surface area (TPSA) is 95.9 Å². The maximum Gasteiger partial charge on any atom is 0.305 e. The molecule has 0 aliphatic heterocycles. The molecular weight excluding hydrogens is 815 g/mol. The van der Waals surface area contributed by atoms with E-state index in [1.807, 2.05) is 6.08 Å². The van der Waals surface area contributed by atoms with Gasteiger partial charge in [0.15, 0.2) is 0 Å². The number of aliphatic hydroxyl groups is 2. The number of unbranched alkanes of at least 4 members (excludes halogenated alkanes) is 39. The van der Waals surface area contributed by atoms with Gasteiger partial charge < -0.3 is 20.3 Å². The molecule has 6 heteroatoms. The lowest BCUT2D eigenvalue weighted by molar-refractivity contribution is -0.143. The summed E-state index contributed by atoms with van der Waals surface area (Å²) in [5.41, 5.74) is 0. The van der Waals surface area contributed by atoms with Crippen LogP contribution in [0.2, 0.25) is 0 Å². The first-order valence-electron chi connectivity index (χ1n) is 29.3. The maximum atomic E-state index is 12.4. The highest BCUT2D eigenvalue weighted by molar-refractivity contribution is 5.76. The minimum absolute atomic E-state index is 0.00694. The molecule has 0 bridgehead atoms. The molecule has 1 amide bonds. The Kier molecular flexibility index (Phi) is 54.1. The molecule has 0 aliphatic carbocycles. The molecule has 0 aromatic rings. The molecule has 388 valence electrons. The van der Waals surface area contributed by atoms with Gasteiger partial charge in [0.2, 0.25) is 5.91 Å². The van der Waals surface area contributed by atoms with Crippen molar-refractivity contribution in [2.45, 2.75) is 321 Å². The second-order valence-electron chi connectivity index (χ2n) is 20.0. The van der Waals surface area contributed by atoms with Crippen LogP contribution in [0.4, 0.5) is 0 Å². The quantitative estimate of drug-likeness (QED) is 0.0321. The van der Waals surface area contributed by atoms with Crippen LogP contribution in [0.5, 0.6) is 0 Å². The molecular formula is C60H113NO5. The number of carbonyl (C=O) groups is 2. The van der Waals surface area contributed by atoms with E-state index < -0.39 is 12.1 Å². The monoisotopic (exact) mass is 928 g/mol. The van der Waals surface area contributed by atoms with Gasteiger partial charge in [-0.15, -0.1) is 0 Å². The number of aliphatic hydroxyl groups excluding tert-OH is 2. The fourth-order valence-electron chi connectivity index (χ4n) is 8.90. The Hall–Kier alpha value is -1.92. The highest BCUT2D eigenvalue weighted by Crippen LogP contribution is 2.16. The minimum atomic E-state index is -0.850. The molecule has 0 fully saturated rings. The molecule has 3 N–H and O–H groups in total. The van der Waals surface area contributed by atoms with Crippen molar-refractivity contribution in [1.29, 1.82) is 0 Å². The van der Waals surface area contributed by atoms with Crippen molar-refractivity contribution < 1.29 is 24.5 Å². The fraction of sp³-hybridized carbons (Fsp3) is 0.867. The first-order valence-corrected chi connectivity index (χ1v) is 29.3. The van der Waals surface area contributed by atoms with Crippen molar-refractivity contribution in [2.75, 3.05) is 13.2 Å². The second-order valence-corrected chi connectivity index (χ2v) is 20.0. The van der Waals surface area contributed by atoms with Crippen LogP contribution in [-0.4, -0.2) is 47.4 Å². The molecule has 0 aliphatic rings. The second kappa shape index (κ2) is 55.7. The van der Waals surface area contributed by atoms with Crippen LogP contribution < -0.4 is 5.32 Å². The van der Waals surface area contributed by atoms with E-state index in [1.54, 1.807) is 6.08 Å². The van der Waals surface area contributed by atoms with Crippen molar-refractivity contribution in [3.8, 4) is 0 Å². The Balaban J connectivity index is 3.47. The zero-order valence-corrected chi connectivity index (χ0v) is 44.2. The molecule has 0 radical (unpaired) electrons. The highest BCUT2D eigenvalue weighted by Gasteiger charge is 2.18. The number of amides is 1. The van der Waals surface area contributed by atoms with Gasteiger partial charge in [0.25, 0.3) is 0 Å². The van der Waals surface area contributed by atoms with Crippen molar-refractivity contribution in [3.63, 3.8) is 0 Å². The highest BCUT2D eigenvalue weighted by atomic mass is 16.5. The summed E-state index contributed by atoms with van der Waals surface area (Å²) in [4.78, 5) is 24.4. The lowest BCUT2D eigenvalue weighted by atomic mass is 10.0. The van der Waals surface area contributed by atoms with Gasteiger partial charge in [0, 0.05) is 12.8 Å². The maximum absolute atomic E-state index is 12.4. The van der Waals surface area contributed by atoms with Crippen LogP contribution in [0, 0.1) is 0 Å². The summed E-state index contributed by atoms with van der Waals surface area (Å²) in [6, 6.07) is -0.635. The predicted octanol–water partition coefficient (Wildman–Crippen LogP) is 18.0. The molecule has 0 aromatic carbocycles. The normalized spacial score (nSPS) is 12.8. The van der Waals surface area contributed by atoms with Crippen molar-refractivity contribution in [3.05, 3.63) is 36.5 Å². The first kappa shape index (κ1) is 64.1. The minimum Gasteiger partial charge on any atom is -0.466 e. The van der Waals surface area contributed by atoms with Gasteiger partial charge in [-0.05, 0) is 64.2 Å². The molecule has 66 heavy (non-hydrogen) atoms. The van der Waals surface area contributed by atoms with Crippen LogP contribution in [-0.2, 0) is 14.3 Å². The number of esters is 1. The average molecular weight is 929 g/mol. The summed E-state index contributed by atoms with van der Waals surface area (Å²) in [6.45, 7) is 4.90. The molecule has 0 saturated heterocycles. The van der Waals surface area contributed by atoms with Gasteiger partial charge in [-0.1, -0.05) is 269 Å². The molecule has 2 atom stereocenters. The predicted molar refractivity (Wildman–Crippen MR) is 287 cm³/mol. The molecule has 0 aromatic heterocycles. The van der Waals surface area contributed by atoms with Crippen molar-refractivity contribution in [1.82, 2.24) is 5.32 Å². The number of allylic oxidation sites excluding steroid dienone is 5. The van der Waals surface area contributed by atoms with Crippen LogP contribution in [0.1, 0.15) is 309 Å². The smallest absolute Gasteiger partial charge is 0.305 e. The van der Waals surface area contributed by atoms with Crippen LogP contribution in [0.3, 0.4) is 0 Å². The van der Waals surface area contributed by atoms with E-state index in [9.17, 15) is 19.8 Å². The lowest BCUT2D eigenvalue weighted by Gasteiger charge is -2.20. The van der Waals surface area contributed by atoms with E-state index in [0.717, 1.165) is 57.8 Å². The fourth-order valence-corrected chi connectivity index (χ4v) is 8.90. The van der Waals surface area contributed by atoms with E-state index in [2.05, 4.69) is 43.5 Å². The molecule has 0 spiro atoms. The molecule has 0 heterocycles. The first-order chi connectivity index (χ1) is 32.5. The molecule has 2 unspecified atom stereocenters. The Morgan fingerprint density at radius 2 is 0.758 bits per heavy atom. The van der Waals surface area contributed by atoms with Gasteiger partial charge in [0.05, 0.1) is 25.4 Å². The Bertz CT molecular complexity index is 1070. The van der Waals surface area contributed by atoms with Crippen LogP contribution in [0.25, 0.3) is 0 Å². The zero-order valence-electron chi connectivity index (χ0n) is 44.2. The third kappa shape index (κ3) is 51.5. The van der Waals surface area contributed by atoms with Gasteiger partial charge in [-0.3, -0.25) is 9.59 Å². The summed E-state index contributed by atoms with van der Waals surface area (Å²) < 4.78 is 5.46. The van der Waals surface area contributed by atoms with E-state index in [0.29, 0.717) is 19.4 Å². The van der Waals surface area contributed by atoms with Crippen LogP contribution in [0.15, 0.2) is 36.5 Å². The summed E-state index contributed by atoms with van der Waals surface area (Å²) in [7, 11) is 0. The number of nitrogens with one attached hydrogen (secondary N) is 1. The van der Waals surface area contributed by atoms with E-state index in [-0.39, 0.29) is 18.5 Å². The summed E-state index contributed by atoms with van der Waals surface area (Å²) in [6.07, 6.45) is 68.8. The Morgan fingerprint density at radius 1 is 0.424 bits per heavy atom. The van der Waals surface area contributed by atoms with Crippen LogP contribution >= 0.6 is 0 Å². The lowest BCUT2D eigenvalue weighted by Crippen LogP contribution is -2.45. The largest absolute Gasteiger partial charge is 0.466 e. The number of rotatable bonds is 54. The summed E-state index contributed by atoms with van der Waals surface area (Å²) in [5, 5.41) is 23.1. The number of hydrogen-bond acceptors (Lipinski definition) is 5.